The molecule has 0 radical (unpaired) electrons. The van der Waals surface area contributed by atoms with Crippen molar-refractivity contribution >= 4 is 5.70 Å². The molecule has 0 fully saturated rings. The summed E-state index contributed by atoms with van der Waals surface area (Å²) in [4.78, 5) is 13.6. The molecule has 1 atom stereocenters. The van der Waals surface area contributed by atoms with Crippen LogP contribution in [0.1, 0.15) is 11.4 Å². The van der Waals surface area contributed by atoms with E-state index < -0.39 is 5.79 Å². The highest BCUT2D eigenvalue weighted by molar-refractivity contribution is 5.64. The van der Waals surface area contributed by atoms with Crippen molar-refractivity contribution in [3.05, 3.63) is 72.6 Å². The van der Waals surface area contributed by atoms with Gasteiger partial charge in [-0.15, -0.1) is 4.57 Å². The van der Waals surface area contributed by atoms with Crippen molar-refractivity contribution in [2.24, 2.45) is 0 Å². The summed E-state index contributed by atoms with van der Waals surface area (Å²) >= 11 is 0. The zero-order valence-corrected chi connectivity index (χ0v) is 12.7. The van der Waals surface area contributed by atoms with E-state index in [0.717, 1.165) is 17.9 Å². The predicted octanol–water partition coefficient (Wildman–Crippen LogP) is 1.21. The summed E-state index contributed by atoms with van der Waals surface area (Å²) in [6, 6.07) is 6.07. The second-order valence-electron chi connectivity index (χ2n) is 5.67. The normalized spacial score (nSPS) is 22.5. The van der Waals surface area contributed by atoms with Gasteiger partial charge >= 0.3 is 5.79 Å². The molecule has 22 heavy (non-hydrogen) atoms. The van der Waals surface area contributed by atoms with Crippen molar-refractivity contribution in [3.63, 3.8) is 0 Å². The topological polar surface area (TPSA) is 36.1 Å². The number of nitrogens with zero attached hydrogens (tertiary/aromatic N) is 5. The fourth-order valence-electron chi connectivity index (χ4n) is 3.49. The van der Waals surface area contributed by atoms with Gasteiger partial charge < -0.3 is 0 Å². The Kier molecular flexibility index (Phi) is 2.84. The van der Waals surface area contributed by atoms with E-state index in [1.807, 2.05) is 36.9 Å². The molecule has 2 aromatic heterocycles. The third kappa shape index (κ3) is 1.54. The summed E-state index contributed by atoms with van der Waals surface area (Å²) in [5.74, 6) is -0.476. The Morgan fingerprint density at radius 2 is 2.18 bits per heavy atom. The first-order valence-electron chi connectivity index (χ1n) is 7.36. The van der Waals surface area contributed by atoms with Crippen LogP contribution in [0.5, 0.6) is 0 Å². The molecule has 5 nitrogen and oxygen atoms in total. The molecule has 0 N–H and O–H groups in total. The fraction of sp³-hybridized carbons (Fsp3) is 0.235. The molecule has 4 heterocycles. The van der Waals surface area contributed by atoms with Crippen molar-refractivity contribution in [3.8, 4) is 0 Å². The average molecular weight is 292 g/mol. The highest BCUT2D eigenvalue weighted by Crippen LogP contribution is 2.39. The first kappa shape index (κ1) is 13.2. The Bertz CT molecular complexity index is 766. The summed E-state index contributed by atoms with van der Waals surface area (Å²) in [5.41, 5.74) is 3.28. The lowest BCUT2D eigenvalue weighted by atomic mass is 10.1. The Hall–Kier alpha value is -2.53. The largest absolute Gasteiger partial charge is 0.350 e. The Balaban J connectivity index is 2.07. The number of fused-ring (bicyclic) bond motifs is 3. The highest BCUT2D eigenvalue weighted by atomic mass is 15.6. The molecule has 5 heteroatoms. The molecule has 0 aromatic carbocycles. The van der Waals surface area contributed by atoms with Crippen LogP contribution in [0.3, 0.4) is 0 Å². The van der Waals surface area contributed by atoms with Crippen molar-refractivity contribution in [2.45, 2.75) is 5.79 Å². The standard InChI is InChI=1S/C17H18N5/c1-20(2)17(16-8-3-5-9-19-16)21-11-6-4-7-14(21)15-13-18-10-12-22(15)17/h3-10,12-13H,11H2,1-2H3/q+1. The van der Waals surface area contributed by atoms with Crippen LogP contribution in [0, 0.1) is 0 Å². The van der Waals surface area contributed by atoms with Crippen LogP contribution >= 0.6 is 0 Å². The molecule has 4 rings (SSSR count). The van der Waals surface area contributed by atoms with Crippen LogP contribution in [0.15, 0.2) is 61.2 Å². The van der Waals surface area contributed by atoms with Crippen LogP contribution in [0.2, 0.25) is 0 Å². The van der Waals surface area contributed by atoms with Gasteiger partial charge in [-0.2, -0.15) is 0 Å². The first-order valence-corrected chi connectivity index (χ1v) is 7.36. The van der Waals surface area contributed by atoms with Crippen LogP contribution < -0.4 is 4.57 Å². The first-order chi connectivity index (χ1) is 10.8. The minimum absolute atomic E-state index is 0.476. The van der Waals surface area contributed by atoms with E-state index in [0.29, 0.717) is 0 Å². The molecule has 2 aliphatic rings. The second-order valence-corrected chi connectivity index (χ2v) is 5.67. The van der Waals surface area contributed by atoms with Gasteiger partial charge in [0.2, 0.25) is 0 Å². The lowest BCUT2D eigenvalue weighted by molar-refractivity contribution is -0.786. The molecule has 0 bridgehead atoms. The molecular formula is C17H18N5+. The van der Waals surface area contributed by atoms with E-state index in [-0.39, 0.29) is 0 Å². The smallest absolute Gasteiger partial charge is 0.282 e. The highest BCUT2D eigenvalue weighted by Gasteiger charge is 2.59. The average Bonchev–Trinajstić information content (AvgIpc) is 2.87. The van der Waals surface area contributed by atoms with E-state index in [4.69, 9.17) is 0 Å². The maximum atomic E-state index is 4.67. The van der Waals surface area contributed by atoms with Gasteiger partial charge in [0.05, 0.1) is 6.20 Å². The molecule has 0 spiro atoms. The molecule has 0 aliphatic carbocycles. The number of allylic oxidation sites excluding steroid dienone is 2. The molecule has 1 unspecified atom stereocenters. The monoisotopic (exact) mass is 292 g/mol. The minimum atomic E-state index is -0.476. The Morgan fingerprint density at radius 3 is 2.95 bits per heavy atom. The van der Waals surface area contributed by atoms with E-state index in [1.54, 1.807) is 0 Å². The summed E-state index contributed by atoms with van der Waals surface area (Å²) in [5, 5.41) is 0. The number of pyridine rings is 1. The van der Waals surface area contributed by atoms with Gasteiger partial charge in [0.1, 0.15) is 11.9 Å². The third-order valence-electron chi connectivity index (χ3n) is 4.33. The van der Waals surface area contributed by atoms with Crippen LogP contribution in [-0.2, 0) is 5.79 Å². The molecule has 0 amide bonds. The minimum Gasteiger partial charge on any atom is -0.282 e. The van der Waals surface area contributed by atoms with Gasteiger partial charge in [-0.05, 0) is 32.3 Å². The van der Waals surface area contributed by atoms with Gasteiger partial charge in [0.15, 0.2) is 11.9 Å². The van der Waals surface area contributed by atoms with Gasteiger partial charge in [-0.25, -0.2) is 4.90 Å². The zero-order chi connectivity index (χ0) is 15.2. The molecule has 110 valence electrons. The maximum Gasteiger partial charge on any atom is 0.350 e. The van der Waals surface area contributed by atoms with Crippen LogP contribution in [0.4, 0.5) is 0 Å². The SMILES string of the molecule is CN(C)C1(c2ccccn2)N2CC=CC=C2c2cncc[n+]21. The zero-order valence-electron chi connectivity index (χ0n) is 12.7. The van der Waals surface area contributed by atoms with Gasteiger partial charge in [-0.1, -0.05) is 18.2 Å². The lowest BCUT2D eigenvalue weighted by Crippen LogP contribution is -2.69. The quantitative estimate of drug-likeness (QED) is 0.780. The van der Waals surface area contributed by atoms with Crippen molar-refractivity contribution < 1.29 is 4.57 Å². The molecule has 0 saturated carbocycles. The number of aromatic nitrogens is 3. The lowest BCUT2D eigenvalue weighted by Gasteiger charge is -2.38. The van der Waals surface area contributed by atoms with Gasteiger partial charge in [0, 0.05) is 12.7 Å². The van der Waals surface area contributed by atoms with Crippen LogP contribution in [-0.4, -0.2) is 40.4 Å². The van der Waals surface area contributed by atoms with Crippen LogP contribution in [0.25, 0.3) is 5.70 Å². The summed E-state index contributed by atoms with van der Waals surface area (Å²) in [7, 11) is 4.18. The van der Waals surface area contributed by atoms with Crippen molar-refractivity contribution in [1.29, 1.82) is 0 Å². The number of hydrogen-bond acceptors (Lipinski definition) is 4. The van der Waals surface area contributed by atoms with Crippen molar-refractivity contribution in [2.75, 3.05) is 20.6 Å². The third-order valence-corrected chi connectivity index (χ3v) is 4.33. The summed E-state index contributed by atoms with van der Waals surface area (Å²) in [6.45, 7) is 0.836. The number of rotatable bonds is 2. The van der Waals surface area contributed by atoms with Gasteiger partial charge in [-0.3, -0.25) is 14.9 Å². The Morgan fingerprint density at radius 1 is 1.27 bits per heavy atom. The fourth-order valence-corrected chi connectivity index (χ4v) is 3.49. The molecular weight excluding hydrogens is 274 g/mol. The van der Waals surface area contributed by atoms with E-state index in [1.165, 1.54) is 5.70 Å². The maximum absolute atomic E-state index is 4.67. The summed E-state index contributed by atoms with van der Waals surface area (Å²) in [6.07, 6.45) is 14.1. The molecule has 0 saturated heterocycles. The van der Waals surface area contributed by atoms with E-state index >= 15 is 0 Å². The van der Waals surface area contributed by atoms with E-state index in [9.17, 15) is 0 Å². The molecule has 2 aromatic rings. The number of hydrogen-bond donors (Lipinski definition) is 0. The second kappa shape index (κ2) is 4.74. The predicted molar refractivity (Wildman–Crippen MR) is 83.3 cm³/mol. The molecule has 2 aliphatic heterocycles. The summed E-state index contributed by atoms with van der Waals surface area (Å²) < 4.78 is 2.25. The Labute approximate surface area is 129 Å². The van der Waals surface area contributed by atoms with Gasteiger partial charge in [0.25, 0.3) is 5.69 Å². The van der Waals surface area contributed by atoms with E-state index in [2.05, 4.69) is 62.7 Å². The van der Waals surface area contributed by atoms with Crippen molar-refractivity contribution in [1.82, 2.24) is 19.8 Å².